The molecule has 1 unspecified atom stereocenters. The Balaban J connectivity index is 2.18. The predicted octanol–water partition coefficient (Wildman–Crippen LogP) is 1.52. The summed E-state index contributed by atoms with van der Waals surface area (Å²) in [5.74, 6) is -0.579. The average molecular weight is 177 g/mol. The van der Waals surface area contributed by atoms with Crippen molar-refractivity contribution in [3.8, 4) is 0 Å². The molecule has 2 rings (SSSR count). The van der Waals surface area contributed by atoms with Crippen LogP contribution in [-0.4, -0.2) is 16.1 Å². The van der Waals surface area contributed by atoms with Gasteiger partial charge in [0.2, 0.25) is 0 Å². The van der Waals surface area contributed by atoms with E-state index in [0.29, 0.717) is 0 Å². The third-order valence-electron chi connectivity index (χ3n) is 2.69. The van der Waals surface area contributed by atoms with Crippen molar-refractivity contribution < 1.29 is 9.90 Å². The van der Waals surface area contributed by atoms with Crippen LogP contribution < -0.4 is 0 Å². The third-order valence-corrected chi connectivity index (χ3v) is 2.69. The van der Waals surface area contributed by atoms with Gasteiger partial charge in [0, 0.05) is 17.8 Å². The highest BCUT2D eigenvalue weighted by molar-refractivity contribution is 5.75. The molecular formula is C10H11NO2. The SMILES string of the molecule is C[C@@H]1C(C(=O)O)[C@@H]1c1ccccn1. The van der Waals surface area contributed by atoms with Gasteiger partial charge in [-0.15, -0.1) is 0 Å². The predicted molar refractivity (Wildman–Crippen MR) is 47.3 cm³/mol. The van der Waals surface area contributed by atoms with Gasteiger partial charge in [0.05, 0.1) is 5.92 Å². The molecule has 13 heavy (non-hydrogen) atoms. The molecule has 3 nitrogen and oxygen atoms in total. The summed E-state index contributed by atoms with van der Waals surface area (Å²) in [5, 5.41) is 8.83. The maximum atomic E-state index is 10.7. The second kappa shape index (κ2) is 2.83. The summed E-state index contributed by atoms with van der Waals surface area (Å²) < 4.78 is 0. The van der Waals surface area contributed by atoms with E-state index in [2.05, 4.69) is 4.98 Å². The highest BCUT2D eigenvalue weighted by Crippen LogP contribution is 2.52. The fourth-order valence-corrected chi connectivity index (χ4v) is 1.87. The number of nitrogens with zero attached hydrogens (tertiary/aromatic N) is 1. The van der Waals surface area contributed by atoms with Gasteiger partial charge in [-0.2, -0.15) is 0 Å². The van der Waals surface area contributed by atoms with Crippen molar-refractivity contribution in [2.24, 2.45) is 11.8 Å². The van der Waals surface area contributed by atoms with Gasteiger partial charge in [-0.05, 0) is 18.1 Å². The lowest BCUT2D eigenvalue weighted by molar-refractivity contribution is -0.138. The summed E-state index contributed by atoms with van der Waals surface area (Å²) >= 11 is 0. The summed E-state index contributed by atoms with van der Waals surface area (Å²) in [4.78, 5) is 14.9. The number of aromatic nitrogens is 1. The largest absolute Gasteiger partial charge is 0.481 e. The fourth-order valence-electron chi connectivity index (χ4n) is 1.87. The molecule has 0 bridgehead atoms. The zero-order valence-electron chi connectivity index (χ0n) is 7.34. The molecule has 0 aromatic carbocycles. The van der Waals surface area contributed by atoms with Crippen molar-refractivity contribution in [3.63, 3.8) is 0 Å². The number of carboxylic acid groups (broad SMARTS) is 1. The molecule has 1 aliphatic rings. The molecule has 1 aliphatic carbocycles. The van der Waals surface area contributed by atoms with E-state index >= 15 is 0 Å². The molecule has 0 saturated heterocycles. The first-order valence-electron chi connectivity index (χ1n) is 4.35. The Bertz CT molecular complexity index is 323. The first-order chi connectivity index (χ1) is 6.22. The van der Waals surface area contributed by atoms with E-state index in [-0.39, 0.29) is 17.8 Å². The Labute approximate surface area is 76.4 Å². The quantitative estimate of drug-likeness (QED) is 0.745. The van der Waals surface area contributed by atoms with E-state index < -0.39 is 5.97 Å². The lowest BCUT2D eigenvalue weighted by atomic mass is 10.2. The number of carboxylic acids is 1. The highest BCUT2D eigenvalue weighted by Gasteiger charge is 2.53. The van der Waals surface area contributed by atoms with Crippen LogP contribution in [0.3, 0.4) is 0 Å². The van der Waals surface area contributed by atoms with E-state index in [1.165, 1.54) is 0 Å². The van der Waals surface area contributed by atoms with Crippen LogP contribution in [-0.2, 0) is 4.79 Å². The molecule has 1 aromatic rings. The standard InChI is InChI=1S/C10H11NO2/c1-6-8(9(6)10(12)13)7-4-2-3-5-11-7/h2-6,8-9H,1H3,(H,12,13)/t6-,8-,9?/m0/s1. The Hall–Kier alpha value is -1.38. The molecule has 1 aromatic heterocycles. The summed E-state index contributed by atoms with van der Waals surface area (Å²) in [6, 6.07) is 5.63. The monoisotopic (exact) mass is 177 g/mol. The van der Waals surface area contributed by atoms with E-state index in [0.717, 1.165) is 5.69 Å². The molecule has 1 heterocycles. The number of aliphatic carboxylic acids is 1. The molecule has 0 amide bonds. The first kappa shape index (κ1) is 8.23. The van der Waals surface area contributed by atoms with Crippen LogP contribution in [0.1, 0.15) is 18.5 Å². The molecule has 0 aliphatic heterocycles. The van der Waals surface area contributed by atoms with Crippen LogP contribution in [0.25, 0.3) is 0 Å². The molecule has 68 valence electrons. The number of hydrogen-bond acceptors (Lipinski definition) is 2. The summed E-state index contributed by atoms with van der Waals surface area (Å²) in [6.45, 7) is 1.96. The van der Waals surface area contributed by atoms with Crippen molar-refractivity contribution in [1.82, 2.24) is 4.98 Å². The van der Waals surface area contributed by atoms with E-state index in [9.17, 15) is 4.79 Å². The zero-order chi connectivity index (χ0) is 9.42. The highest BCUT2D eigenvalue weighted by atomic mass is 16.4. The Morgan fingerprint density at radius 1 is 1.54 bits per heavy atom. The van der Waals surface area contributed by atoms with Gasteiger partial charge in [0.15, 0.2) is 0 Å². The van der Waals surface area contributed by atoms with Crippen LogP contribution in [0.5, 0.6) is 0 Å². The minimum absolute atomic E-state index is 0.124. The van der Waals surface area contributed by atoms with Gasteiger partial charge < -0.3 is 5.11 Å². The molecule has 3 atom stereocenters. The molecule has 1 saturated carbocycles. The van der Waals surface area contributed by atoms with Crippen molar-refractivity contribution in [2.75, 3.05) is 0 Å². The van der Waals surface area contributed by atoms with Crippen LogP contribution in [0.15, 0.2) is 24.4 Å². The summed E-state index contributed by atoms with van der Waals surface area (Å²) in [5.41, 5.74) is 0.905. The molecule has 1 fully saturated rings. The first-order valence-corrected chi connectivity index (χ1v) is 4.35. The van der Waals surface area contributed by atoms with Crippen LogP contribution >= 0.6 is 0 Å². The fraction of sp³-hybridized carbons (Fsp3) is 0.400. The molecule has 1 N–H and O–H groups in total. The Morgan fingerprint density at radius 2 is 2.31 bits per heavy atom. The normalized spacial score (nSPS) is 31.3. The Kier molecular flexibility index (Phi) is 1.79. The maximum absolute atomic E-state index is 10.7. The van der Waals surface area contributed by atoms with E-state index in [1.54, 1.807) is 6.20 Å². The summed E-state index contributed by atoms with van der Waals surface area (Å²) in [6.07, 6.45) is 1.71. The molecule has 3 heteroatoms. The molecule has 0 spiro atoms. The zero-order valence-corrected chi connectivity index (χ0v) is 7.34. The van der Waals surface area contributed by atoms with Gasteiger partial charge in [0.1, 0.15) is 0 Å². The maximum Gasteiger partial charge on any atom is 0.307 e. The molecule has 0 radical (unpaired) electrons. The topological polar surface area (TPSA) is 50.2 Å². The second-order valence-electron chi connectivity index (χ2n) is 3.50. The van der Waals surface area contributed by atoms with Crippen LogP contribution in [0, 0.1) is 11.8 Å². The van der Waals surface area contributed by atoms with Crippen molar-refractivity contribution in [1.29, 1.82) is 0 Å². The van der Waals surface area contributed by atoms with Crippen LogP contribution in [0.2, 0.25) is 0 Å². The van der Waals surface area contributed by atoms with Gasteiger partial charge in [-0.25, -0.2) is 0 Å². The van der Waals surface area contributed by atoms with E-state index in [1.807, 2.05) is 25.1 Å². The van der Waals surface area contributed by atoms with E-state index in [4.69, 9.17) is 5.11 Å². The summed E-state index contributed by atoms with van der Waals surface area (Å²) in [7, 11) is 0. The minimum atomic E-state index is -0.705. The van der Waals surface area contributed by atoms with Gasteiger partial charge in [-0.3, -0.25) is 9.78 Å². The molecular weight excluding hydrogens is 166 g/mol. The smallest absolute Gasteiger partial charge is 0.307 e. The lowest BCUT2D eigenvalue weighted by Gasteiger charge is -1.94. The number of pyridine rings is 1. The van der Waals surface area contributed by atoms with Gasteiger partial charge in [-0.1, -0.05) is 13.0 Å². The Morgan fingerprint density at radius 3 is 2.77 bits per heavy atom. The van der Waals surface area contributed by atoms with Gasteiger partial charge in [0.25, 0.3) is 0 Å². The van der Waals surface area contributed by atoms with Crippen LogP contribution in [0.4, 0.5) is 0 Å². The number of rotatable bonds is 2. The second-order valence-corrected chi connectivity index (χ2v) is 3.50. The lowest BCUT2D eigenvalue weighted by Crippen LogP contribution is -2.00. The van der Waals surface area contributed by atoms with Crippen molar-refractivity contribution >= 4 is 5.97 Å². The van der Waals surface area contributed by atoms with Crippen molar-refractivity contribution in [2.45, 2.75) is 12.8 Å². The third kappa shape index (κ3) is 1.30. The minimum Gasteiger partial charge on any atom is -0.481 e. The number of hydrogen-bond donors (Lipinski definition) is 1. The number of carbonyl (C=O) groups is 1. The van der Waals surface area contributed by atoms with Crippen molar-refractivity contribution in [3.05, 3.63) is 30.1 Å². The van der Waals surface area contributed by atoms with Gasteiger partial charge >= 0.3 is 5.97 Å². The average Bonchev–Trinajstić information content (AvgIpc) is 2.79.